The Bertz CT molecular complexity index is 1650. The summed E-state index contributed by atoms with van der Waals surface area (Å²) in [6, 6.07) is 20.4. The van der Waals surface area contributed by atoms with Gasteiger partial charge in [-0.05, 0) is 72.9 Å². The van der Waals surface area contributed by atoms with E-state index in [0.29, 0.717) is 34.5 Å². The van der Waals surface area contributed by atoms with Crippen molar-refractivity contribution in [1.82, 2.24) is 9.97 Å². The van der Waals surface area contributed by atoms with Crippen molar-refractivity contribution in [3.05, 3.63) is 94.6 Å². The van der Waals surface area contributed by atoms with E-state index in [0.717, 1.165) is 28.9 Å². The molecule has 0 amide bonds. The Balaban J connectivity index is 0.000000557. The van der Waals surface area contributed by atoms with E-state index in [1.165, 1.54) is 6.20 Å². The Hall–Kier alpha value is -4.16. The molecule has 0 spiro atoms. The molecule has 40 heavy (non-hydrogen) atoms. The Morgan fingerprint density at radius 1 is 0.975 bits per heavy atom. The number of nitrogens with zero attached hydrogens (tertiary/aromatic N) is 2. The van der Waals surface area contributed by atoms with E-state index in [-0.39, 0.29) is 4.90 Å². The lowest BCUT2D eigenvalue weighted by Crippen LogP contribution is -2.15. The van der Waals surface area contributed by atoms with Gasteiger partial charge in [0.1, 0.15) is 5.02 Å². The van der Waals surface area contributed by atoms with Crippen molar-refractivity contribution in [2.75, 3.05) is 15.4 Å². The number of hydrogen-bond acceptors (Lipinski definition) is 7. The molecule has 0 unspecified atom stereocenters. The van der Waals surface area contributed by atoms with Crippen LogP contribution >= 0.6 is 11.6 Å². The molecule has 8 nitrogen and oxygen atoms in total. The first kappa shape index (κ1) is 28.8. The number of rotatable bonds is 3. The zero-order valence-electron chi connectivity index (χ0n) is 21.0. The quantitative estimate of drug-likeness (QED) is 0.232. The molecule has 4 aromatic rings. The van der Waals surface area contributed by atoms with Gasteiger partial charge in [-0.1, -0.05) is 41.9 Å². The van der Waals surface area contributed by atoms with E-state index in [2.05, 4.69) is 25.3 Å². The predicted octanol–water partition coefficient (Wildman–Crippen LogP) is 6.57. The van der Waals surface area contributed by atoms with E-state index in [4.69, 9.17) is 16.4 Å². The van der Waals surface area contributed by atoms with Gasteiger partial charge in [-0.25, -0.2) is 13.4 Å². The molecule has 0 atom stereocenters. The van der Waals surface area contributed by atoms with E-state index in [1.54, 1.807) is 37.3 Å². The summed E-state index contributed by atoms with van der Waals surface area (Å²) in [5.41, 5.74) is 4.78. The third-order valence-corrected chi connectivity index (χ3v) is 7.54. The fourth-order valence-corrected chi connectivity index (χ4v) is 5.39. The lowest BCUT2D eigenvalue weighted by molar-refractivity contribution is -0.156. The van der Waals surface area contributed by atoms with Gasteiger partial charge in [-0.2, -0.15) is 18.2 Å². The molecular formula is C27H23ClF3N5O3S. The number of anilines is 5. The number of aromatic nitrogens is 2. The molecule has 6 bridgehead atoms. The molecular weight excluding hydrogens is 567 g/mol. The molecule has 2 heterocycles. The maximum Gasteiger partial charge on any atom is 0.446 e. The largest absolute Gasteiger partial charge is 0.446 e. The van der Waals surface area contributed by atoms with Gasteiger partial charge in [0, 0.05) is 11.4 Å². The van der Waals surface area contributed by atoms with Crippen LogP contribution in [-0.2, 0) is 27.7 Å². The fraction of sp³-hybridized carbons (Fsp3) is 0.148. The normalized spacial score (nSPS) is 12.6. The van der Waals surface area contributed by atoms with Crippen molar-refractivity contribution in [1.29, 1.82) is 0 Å². The maximum atomic E-state index is 13.2. The van der Waals surface area contributed by atoms with Crippen molar-refractivity contribution >= 4 is 56.7 Å². The Labute approximate surface area is 233 Å². The average Bonchev–Trinajstić information content (AvgIpc) is 2.91. The fourth-order valence-electron chi connectivity index (χ4n) is 3.90. The van der Waals surface area contributed by atoms with Gasteiger partial charge in [-0.15, -0.1) is 0 Å². The van der Waals surface area contributed by atoms with Crippen LogP contribution in [0.2, 0.25) is 5.02 Å². The van der Waals surface area contributed by atoms with Crippen molar-refractivity contribution in [2.45, 2.75) is 30.8 Å². The zero-order chi connectivity index (χ0) is 28.9. The van der Waals surface area contributed by atoms with Crippen LogP contribution in [0.3, 0.4) is 0 Å². The Kier molecular flexibility index (Phi) is 8.60. The first-order chi connectivity index (χ1) is 18.9. The van der Waals surface area contributed by atoms with Crippen molar-refractivity contribution < 1.29 is 26.4 Å². The molecule has 3 aromatic carbocycles. The minimum Gasteiger partial charge on any atom is -0.339 e. The second-order valence-electron chi connectivity index (χ2n) is 8.74. The van der Waals surface area contributed by atoms with Crippen LogP contribution < -0.4 is 15.4 Å². The summed E-state index contributed by atoms with van der Waals surface area (Å²) in [6.45, 7) is 1.78. The van der Waals surface area contributed by atoms with Crippen molar-refractivity contribution in [3.63, 3.8) is 0 Å². The SMILES string of the molecule is Cc1ccccc1S(=O)(=O)Nc1ccc2cc1CCc1cccc(c1)Nc1ncc(Cl)c(n1)N2.O=CC(F)(F)F. The highest BCUT2D eigenvalue weighted by Gasteiger charge is 2.25. The first-order valence-electron chi connectivity index (χ1n) is 11.8. The molecule has 13 heteroatoms. The molecule has 208 valence electrons. The van der Waals surface area contributed by atoms with Gasteiger partial charge < -0.3 is 10.6 Å². The number of nitrogens with one attached hydrogen (secondary N) is 3. The lowest BCUT2D eigenvalue weighted by atomic mass is 10.0. The van der Waals surface area contributed by atoms with Crippen LogP contribution in [-0.4, -0.2) is 30.8 Å². The number of benzene rings is 3. The third-order valence-electron chi connectivity index (χ3n) is 5.74. The van der Waals surface area contributed by atoms with Crippen LogP contribution in [0, 0.1) is 6.92 Å². The summed E-state index contributed by atoms with van der Waals surface area (Å²) in [6.07, 6.45) is -2.82. The van der Waals surface area contributed by atoms with Crippen LogP contribution in [0.25, 0.3) is 0 Å². The number of fused-ring (bicyclic) bond motifs is 6. The van der Waals surface area contributed by atoms with E-state index < -0.39 is 22.5 Å². The number of sulfonamides is 1. The second kappa shape index (κ2) is 11.9. The summed E-state index contributed by atoms with van der Waals surface area (Å²) >= 11 is 6.33. The number of carbonyl (C=O) groups excluding carboxylic acids is 1. The van der Waals surface area contributed by atoms with E-state index in [9.17, 15) is 21.6 Å². The van der Waals surface area contributed by atoms with Gasteiger partial charge in [0.25, 0.3) is 10.0 Å². The van der Waals surface area contributed by atoms with Crippen LogP contribution in [0.15, 0.2) is 77.8 Å². The molecule has 5 rings (SSSR count). The summed E-state index contributed by atoms with van der Waals surface area (Å²) in [5, 5.41) is 6.81. The van der Waals surface area contributed by atoms with Crippen molar-refractivity contribution in [3.8, 4) is 0 Å². The van der Waals surface area contributed by atoms with Crippen LogP contribution in [0.4, 0.5) is 42.0 Å². The Morgan fingerprint density at radius 2 is 1.70 bits per heavy atom. The standard InChI is InChI=1S/C25H22ClN5O2S.C2HF3O/c1-16-5-2-3-8-23(16)34(32,33)31-22-12-11-20-14-18(22)10-9-17-6-4-7-19(13-17)29-25-27-15-21(26)24(28-20)30-25;3-2(4,5)1-6/h2-8,11-15,31H,9-10H2,1H3,(H2,27,28,29,30);1H. The summed E-state index contributed by atoms with van der Waals surface area (Å²) < 4.78 is 60.3. The van der Waals surface area contributed by atoms with E-state index in [1.807, 2.05) is 36.4 Å². The number of carbonyl (C=O) groups is 1. The molecule has 0 saturated carbocycles. The van der Waals surface area contributed by atoms with Crippen LogP contribution in [0.5, 0.6) is 0 Å². The molecule has 1 aliphatic heterocycles. The monoisotopic (exact) mass is 589 g/mol. The molecule has 0 saturated heterocycles. The number of aldehydes is 1. The summed E-state index contributed by atoms with van der Waals surface area (Å²) in [5.74, 6) is 0.875. The highest BCUT2D eigenvalue weighted by Crippen LogP contribution is 2.30. The second-order valence-corrected chi connectivity index (χ2v) is 10.8. The topological polar surface area (TPSA) is 113 Å². The lowest BCUT2D eigenvalue weighted by Gasteiger charge is -2.16. The minimum absolute atomic E-state index is 0.258. The average molecular weight is 590 g/mol. The van der Waals surface area contributed by atoms with Gasteiger partial charge >= 0.3 is 6.18 Å². The zero-order valence-corrected chi connectivity index (χ0v) is 22.5. The molecule has 0 fully saturated rings. The number of alkyl halides is 3. The van der Waals surface area contributed by atoms with Gasteiger partial charge in [0.15, 0.2) is 5.82 Å². The van der Waals surface area contributed by atoms with Crippen LogP contribution in [0.1, 0.15) is 16.7 Å². The molecule has 1 aromatic heterocycles. The molecule has 0 radical (unpaired) electrons. The highest BCUT2D eigenvalue weighted by molar-refractivity contribution is 7.92. The summed E-state index contributed by atoms with van der Waals surface area (Å²) in [7, 11) is -3.75. The van der Waals surface area contributed by atoms with Gasteiger partial charge in [0.05, 0.1) is 16.8 Å². The maximum absolute atomic E-state index is 13.2. The number of aryl methyl sites for hydroxylation is 3. The molecule has 3 N–H and O–H groups in total. The number of hydrogen-bond donors (Lipinski definition) is 3. The first-order valence-corrected chi connectivity index (χ1v) is 13.7. The van der Waals surface area contributed by atoms with Gasteiger partial charge in [0.2, 0.25) is 12.2 Å². The third kappa shape index (κ3) is 7.48. The van der Waals surface area contributed by atoms with Crippen molar-refractivity contribution in [2.24, 2.45) is 0 Å². The van der Waals surface area contributed by atoms with E-state index >= 15 is 0 Å². The molecule has 1 aliphatic rings. The van der Waals surface area contributed by atoms with Gasteiger partial charge in [-0.3, -0.25) is 9.52 Å². The molecule has 0 aliphatic carbocycles. The summed E-state index contributed by atoms with van der Waals surface area (Å²) in [4.78, 5) is 17.7. The Morgan fingerprint density at radius 3 is 2.42 bits per heavy atom. The number of halogens is 4. The predicted molar refractivity (Wildman–Crippen MR) is 148 cm³/mol. The highest BCUT2D eigenvalue weighted by atomic mass is 35.5. The minimum atomic E-state index is -4.64. The smallest absolute Gasteiger partial charge is 0.339 e.